The van der Waals surface area contributed by atoms with Crippen LogP contribution in [0.1, 0.15) is 6.42 Å². The van der Waals surface area contributed by atoms with Crippen molar-refractivity contribution in [3.8, 4) is 0 Å². The summed E-state index contributed by atoms with van der Waals surface area (Å²) in [6, 6.07) is 10.4. The van der Waals surface area contributed by atoms with E-state index in [1.165, 1.54) is 24.3 Å². The van der Waals surface area contributed by atoms with Gasteiger partial charge in [-0.15, -0.1) is 0 Å². The second-order valence-electron chi connectivity index (χ2n) is 5.37. The smallest absolute Gasteiger partial charge is 0.240 e. The fourth-order valence-electron chi connectivity index (χ4n) is 2.22. The Kier molecular flexibility index (Phi) is 5.80. The summed E-state index contributed by atoms with van der Waals surface area (Å²) in [5.41, 5.74) is 0.754. The summed E-state index contributed by atoms with van der Waals surface area (Å²) < 4.78 is 13.2. The Labute approximate surface area is 163 Å². The van der Waals surface area contributed by atoms with Gasteiger partial charge in [-0.25, -0.2) is 9.38 Å². The largest absolute Gasteiger partial charge is 0.325 e. The van der Waals surface area contributed by atoms with Crippen LogP contribution >= 0.6 is 35.0 Å². The van der Waals surface area contributed by atoms with Gasteiger partial charge in [0.15, 0.2) is 5.17 Å². The van der Waals surface area contributed by atoms with E-state index in [-0.39, 0.29) is 18.2 Å². The molecule has 0 saturated carbocycles. The first-order valence-electron chi connectivity index (χ1n) is 7.47. The Morgan fingerprint density at radius 3 is 2.85 bits per heavy atom. The number of hydrogen-bond acceptors (Lipinski definition) is 4. The average molecular weight is 412 g/mol. The number of amidine groups is 1. The lowest BCUT2D eigenvalue weighted by atomic mass is 10.2. The van der Waals surface area contributed by atoms with Gasteiger partial charge in [0.05, 0.1) is 16.4 Å². The van der Waals surface area contributed by atoms with Crippen LogP contribution in [0.2, 0.25) is 10.0 Å². The van der Waals surface area contributed by atoms with Gasteiger partial charge in [0.25, 0.3) is 0 Å². The fraction of sp³-hybridized carbons (Fsp3) is 0.118. The zero-order valence-corrected chi connectivity index (χ0v) is 15.5. The van der Waals surface area contributed by atoms with E-state index in [0.29, 0.717) is 26.6 Å². The minimum atomic E-state index is -0.639. The minimum absolute atomic E-state index is 0.0679. The molecule has 2 N–H and O–H groups in total. The first-order chi connectivity index (χ1) is 12.4. The van der Waals surface area contributed by atoms with E-state index in [4.69, 9.17) is 23.2 Å². The molecule has 0 spiro atoms. The van der Waals surface area contributed by atoms with Crippen LogP contribution in [-0.4, -0.2) is 22.2 Å². The van der Waals surface area contributed by atoms with Gasteiger partial charge in [-0.1, -0.05) is 41.0 Å². The topological polar surface area (TPSA) is 70.6 Å². The molecule has 5 nitrogen and oxygen atoms in total. The summed E-state index contributed by atoms with van der Waals surface area (Å²) in [4.78, 5) is 28.4. The second kappa shape index (κ2) is 8.07. The molecule has 1 heterocycles. The molecule has 0 aliphatic carbocycles. The van der Waals surface area contributed by atoms with Crippen molar-refractivity contribution >= 4 is 63.3 Å². The van der Waals surface area contributed by atoms with Crippen LogP contribution in [0.5, 0.6) is 0 Å². The lowest BCUT2D eigenvalue weighted by Crippen LogP contribution is -2.28. The van der Waals surface area contributed by atoms with Crippen molar-refractivity contribution in [1.29, 1.82) is 0 Å². The maximum absolute atomic E-state index is 13.2. The van der Waals surface area contributed by atoms with Crippen molar-refractivity contribution in [3.63, 3.8) is 0 Å². The van der Waals surface area contributed by atoms with Crippen molar-refractivity contribution in [2.45, 2.75) is 11.7 Å². The zero-order valence-electron chi connectivity index (χ0n) is 13.1. The molecule has 1 fully saturated rings. The molecule has 1 saturated heterocycles. The molecule has 2 amide bonds. The number of benzene rings is 2. The normalized spacial score (nSPS) is 18.0. The molecule has 0 bridgehead atoms. The SMILES string of the molecule is O=C(C[C@@H]1SC(=Nc2cccc(F)c2)NC1=O)Nc1cc(Cl)ccc1Cl. The Morgan fingerprint density at radius 2 is 2.08 bits per heavy atom. The number of aliphatic imine (C=N–C) groups is 1. The summed E-state index contributed by atoms with van der Waals surface area (Å²) in [6.07, 6.45) is -0.0679. The lowest BCUT2D eigenvalue weighted by molar-refractivity contribution is -0.122. The summed E-state index contributed by atoms with van der Waals surface area (Å²) in [7, 11) is 0. The lowest BCUT2D eigenvalue weighted by Gasteiger charge is -2.09. The van der Waals surface area contributed by atoms with Gasteiger partial charge < -0.3 is 10.6 Å². The van der Waals surface area contributed by atoms with E-state index in [1.54, 1.807) is 18.2 Å². The number of nitrogens with one attached hydrogen (secondary N) is 2. The average Bonchev–Trinajstić information content (AvgIpc) is 2.90. The minimum Gasteiger partial charge on any atom is -0.325 e. The summed E-state index contributed by atoms with van der Waals surface area (Å²) >= 11 is 13.0. The van der Waals surface area contributed by atoms with Gasteiger partial charge >= 0.3 is 0 Å². The van der Waals surface area contributed by atoms with E-state index in [0.717, 1.165) is 11.8 Å². The van der Waals surface area contributed by atoms with Crippen molar-refractivity contribution in [2.75, 3.05) is 5.32 Å². The molecule has 1 aliphatic rings. The van der Waals surface area contributed by atoms with E-state index >= 15 is 0 Å². The fourth-order valence-corrected chi connectivity index (χ4v) is 3.54. The van der Waals surface area contributed by atoms with Gasteiger partial charge in [0.2, 0.25) is 11.8 Å². The quantitative estimate of drug-likeness (QED) is 0.783. The Balaban J connectivity index is 1.64. The number of amides is 2. The zero-order chi connectivity index (χ0) is 18.7. The molecule has 0 unspecified atom stereocenters. The molecular formula is C17H12Cl2FN3O2S. The predicted molar refractivity (Wildman–Crippen MR) is 103 cm³/mol. The molecular weight excluding hydrogens is 400 g/mol. The third kappa shape index (κ3) is 4.75. The number of nitrogens with zero attached hydrogens (tertiary/aromatic N) is 1. The van der Waals surface area contributed by atoms with Crippen molar-refractivity contribution in [1.82, 2.24) is 5.32 Å². The van der Waals surface area contributed by atoms with Crippen molar-refractivity contribution < 1.29 is 14.0 Å². The maximum atomic E-state index is 13.2. The molecule has 134 valence electrons. The van der Waals surface area contributed by atoms with Crippen LogP contribution in [0.3, 0.4) is 0 Å². The van der Waals surface area contributed by atoms with E-state index < -0.39 is 11.1 Å². The molecule has 9 heteroatoms. The third-order valence-corrected chi connectivity index (χ3v) is 5.04. The Morgan fingerprint density at radius 1 is 1.27 bits per heavy atom. The van der Waals surface area contributed by atoms with Crippen LogP contribution in [0.15, 0.2) is 47.5 Å². The summed E-state index contributed by atoms with van der Waals surface area (Å²) in [5.74, 6) is -1.14. The molecule has 2 aromatic rings. The number of rotatable bonds is 4. The highest BCUT2D eigenvalue weighted by Gasteiger charge is 2.32. The molecule has 1 atom stereocenters. The van der Waals surface area contributed by atoms with Crippen LogP contribution in [-0.2, 0) is 9.59 Å². The van der Waals surface area contributed by atoms with Gasteiger partial charge in [0.1, 0.15) is 11.1 Å². The van der Waals surface area contributed by atoms with Gasteiger partial charge in [0, 0.05) is 11.4 Å². The number of carbonyl (C=O) groups is 2. The highest BCUT2D eigenvalue weighted by Crippen LogP contribution is 2.28. The highest BCUT2D eigenvalue weighted by atomic mass is 35.5. The standard InChI is InChI=1S/C17H12Cl2FN3O2S/c18-9-4-5-12(19)13(6-9)22-15(24)8-14-16(25)23-17(26-14)21-11-3-1-2-10(20)7-11/h1-7,14H,8H2,(H,22,24)(H,21,23,25)/t14-/m0/s1. The summed E-state index contributed by atoms with van der Waals surface area (Å²) in [5, 5.41) is 5.68. The van der Waals surface area contributed by atoms with Gasteiger partial charge in [-0.05, 0) is 36.4 Å². The van der Waals surface area contributed by atoms with Crippen LogP contribution in [0.4, 0.5) is 15.8 Å². The number of halogens is 3. The third-order valence-electron chi connectivity index (χ3n) is 3.39. The van der Waals surface area contributed by atoms with E-state index in [2.05, 4.69) is 15.6 Å². The Hall–Kier alpha value is -2.09. The highest BCUT2D eigenvalue weighted by molar-refractivity contribution is 8.15. The molecule has 26 heavy (non-hydrogen) atoms. The van der Waals surface area contributed by atoms with Crippen molar-refractivity contribution in [2.24, 2.45) is 4.99 Å². The monoisotopic (exact) mass is 411 g/mol. The van der Waals surface area contributed by atoms with Gasteiger partial charge in [-0.2, -0.15) is 0 Å². The summed E-state index contributed by atoms with van der Waals surface area (Å²) in [6.45, 7) is 0. The molecule has 2 aromatic carbocycles. The Bertz CT molecular complexity index is 907. The number of thioether (sulfide) groups is 1. The van der Waals surface area contributed by atoms with E-state index in [9.17, 15) is 14.0 Å². The number of hydrogen-bond donors (Lipinski definition) is 2. The van der Waals surface area contributed by atoms with E-state index in [1.807, 2.05) is 0 Å². The second-order valence-corrected chi connectivity index (χ2v) is 7.40. The van der Waals surface area contributed by atoms with Gasteiger partial charge in [-0.3, -0.25) is 9.59 Å². The predicted octanol–water partition coefficient (Wildman–Crippen LogP) is 4.38. The maximum Gasteiger partial charge on any atom is 0.240 e. The number of carbonyl (C=O) groups excluding carboxylic acids is 2. The van der Waals surface area contributed by atoms with Crippen molar-refractivity contribution in [3.05, 3.63) is 58.3 Å². The van der Waals surface area contributed by atoms with Crippen LogP contribution in [0, 0.1) is 5.82 Å². The molecule has 0 aromatic heterocycles. The first kappa shape index (κ1) is 18.7. The van der Waals surface area contributed by atoms with Crippen LogP contribution < -0.4 is 10.6 Å². The van der Waals surface area contributed by atoms with Crippen LogP contribution in [0.25, 0.3) is 0 Å². The molecule has 3 rings (SSSR count). The molecule has 1 aliphatic heterocycles. The number of anilines is 1. The molecule has 0 radical (unpaired) electrons. The first-order valence-corrected chi connectivity index (χ1v) is 9.11.